The minimum absolute atomic E-state index is 0. The molecule has 1 aliphatic rings. The smallest absolute Gasteiger partial charge is 0.253 e. The molecule has 22 heavy (non-hydrogen) atoms. The van der Waals surface area contributed by atoms with Crippen LogP contribution in [-0.2, 0) is 4.79 Å². The molecule has 0 heterocycles. The van der Waals surface area contributed by atoms with Crippen molar-refractivity contribution < 1.29 is 9.59 Å². The van der Waals surface area contributed by atoms with Crippen LogP contribution in [-0.4, -0.2) is 43.9 Å². The van der Waals surface area contributed by atoms with Crippen molar-refractivity contribution in [3.8, 4) is 0 Å². The number of nitrogens with zero attached hydrogens (tertiary/aromatic N) is 1. The number of carbonyl (C=O) groups excluding carboxylic acids is 2. The summed E-state index contributed by atoms with van der Waals surface area (Å²) in [6, 6.07) is 5.36. The number of hydrogen-bond acceptors (Lipinski definition) is 3. The molecule has 1 aromatic carbocycles. The Morgan fingerprint density at radius 1 is 1.27 bits per heavy atom. The lowest BCUT2D eigenvalue weighted by Gasteiger charge is -2.13. The minimum atomic E-state index is -0.0757. The predicted octanol–water partition coefficient (Wildman–Crippen LogP) is 2.06. The lowest BCUT2D eigenvalue weighted by Crippen LogP contribution is -2.29. The molecule has 0 radical (unpaired) electrons. The highest BCUT2D eigenvalue weighted by atomic mass is 35.5. The maximum absolute atomic E-state index is 11.9. The van der Waals surface area contributed by atoms with Gasteiger partial charge in [0.1, 0.15) is 0 Å². The number of amides is 2. The second-order valence-corrected chi connectivity index (χ2v) is 5.85. The molecule has 0 atom stereocenters. The fourth-order valence-corrected chi connectivity index (χ4v) is 2.05. The average Bonchev–Trinajstić information content (AvgIpc) is 3.24. The number of carbonyl (C=O) groups is 2. The van der Waals surface area contributed by atoms with Crippen LogP contribution in [0.3, 0.4) is 0 Å². The molecule has 2 amide bonds. The molecule has 0 saturated heterocycles. The first kappa shape index (κ1) is 18.5. The Hall–Kier alpha value is -1.59. The molecule has 0 aliphatic heterocycles. The van der Waals surface area contributed by atoms with Crippen molar-refractivity contribution in [2.24, 2.45) is 5.92 Å². The van der Waals surface area contributed by atoms with Crippen LogP contribution in [0.4, 0.5) is 5.69 Å². The summed E-state index contributed by atoms with van der Waals surface area (Å²) in [5.74, 6) is 0.603. The van der Waals surface area contributed by atoms with Gasteiger partial charge in [-0.3, -0.25) is 9.59 Å². The van der Waals surface area contributed by atoms with Crippen molar-refractivity contribution in [1.82, 2.24) is 10.2 Å². The zero-order valence-electron chi connectivity index (χ0n) is 13.3. The van der Waals surface area contributed by atoms with Gasteiger partial charge in [-0.25, -0.2) is 0 Å². The van der Waals surface area contributed by atoms with E-state index in [-0.39, 0.29) is 24.2 Å². The Kier molecular flexibility index (Phi) is 6.84. The van der Waals surface area contributed by atoms with E-state index in [2.05, 4.69) is 10.6 Å². The minimum Gasteiger partial charge on any atom is -0.345 e. The Bertz CT molecular complexity index is 542. The van der Waals surface area contributed by atoms with Crippen molar-refractivity contribution in [2.75, 3.05) is 32.5 Å². The highest BCUT2D eigenvalue weighted by Crippen LogP contribution is 2.27. The Morgan fingerprint density at radius 3 is 2.55 bits per heavy atom. The molecule has 5 nitrogen and oxygen atoms in total. The van der Waals surface area contributed by atoms with Gasteiger partial charge >= 0.3 is 0 Å². The molecule has 122 valence electrons. The highest BCUT2D eigenvalue weighted by Gasteiger charge is 2.20. The van der Waals surface area contributed by atoms with Crippen LogP contribution in [0.25, 0.3) is 0 Å². The van der Waals surface area contributed by atoms with E-state index in [1.807, 2.05) is 13.0 Å². The van der Waals surface area contributed by atoms with E-state index in [1.54, 1.807) is 26.2 Å². The summed E-state index contributed by atoms with van der Waals surface area (Å²) in [6.07, 6.45) is 2.53. The third-order valence-corrected chi connectivity index (χ3v) is 3.58. The monoisotopic (exact) mass is 325 g/mol. The topological polar surface area (TPSA) is 61.4 Å². The van der Waals surface area contributed by atoms with Crippen molar-refractivity contribution in [3.05, 3.63) is 29.3 Å². The Morgan fingerprint density at radius 2 is 1.95 bits per heavy atom. The van der Waals surface area contributed by atoms with E-state index in [4.69, 9.17) is 0 Å². The van der Waals surface area contributed by atoms with Crippen molar-refractivity contribution >= 4 is 29.9 Å². The second-order valence-electron chi connectivity index (χ2n) is 5.85. The summed E-state index contributed by atoms with van der Waals surface area (Å²) in [4.78, 5) is 25.4. The van der Waals surface area contributed by atoms with E-state index >= 15 is 0 Å². The first-order chi connectivity index (χ1) is 9.97. The molecule has 0 spiro atoms. The summed E-state index contributed by atoms with van der Waals surface area (Å²) in [5.41, 5.74) is 2.22. The summed E-state index contributed by atoms with van der Waals surface area (Å²) < 4.78 is 0. The maximum atomic E-state index is 11.9. The summed E-state index contributed by atoms with van der Waals surface area (Å²) in [5, 5.41) is 6.02. The van der Waals surface area contributed by atoms with E-state index in [1.165, 1.54) is 17.7 Å². The van der Waals surface area contributed by atoms with Crippen LogP contribution in [0.2, 0.25) is 0 Å². The van der Waals surface area contributed by atoms with E-state index < -0.39 is 0 Å². The van der Waals surface area contributed by atoms with Crippen LogP contribution in [0.1, 0.15) is 28.8 Å². The van der Waals surface area contributed by atoms with Gasteiger partial charge in [-0.15, -0.1) is 12.4 Å². The highest BCUT2D eigenvalue weighted by molar-refractivity contribution is 5.98. The van der Waals surface area contributed by atoms with Crippen LogP contribution in [0.5, 0.6) is 0 Å². The molecule has 2 N–H and O–H groups in total. The molecule has 6 heteroatoms. The number of anilines is 1. The van der Waals surface area contributed by atoms with Crippen molar-refractivity contribution in [1.29, 1.82) is 0 Å². The quantitative estimate of drug-likeness (QED) is 0.841. The Balaban J connectivity index is 0.00000242. The number of nitrogens with one attached hydrogen (secondary N) is 2. The Labute approximate surface area is 137 Å². The van der Waals surface area contributed by atoms with Gasteiger partial charge in [0, 0.05) is 25.3 Å². The lowest BCUT2D eigenvalue weighted by atomic mass is 10.1. The van der Waals surface area contributed by atoms with E-state index in [0.717, 1.165) is 18.0 Å². The molecular formula is C16H24ClN3O2. The fraction of sp³-hybridized carbons (Fsp3) is 0.500. The summed E-state index contributed by atoms with van der Waals surface area (Å²) >= 11 is 0. The van der Waals surface area contributed by atoms with Crippen molar-refractivity contribution in [2.45, 2.75) is 19.8 Å². The van der Waals surface area contributed by atoms with Crippen LogP contribution in [0, 0.1) is 12.8 Å². The number of benzene rings is 1. The molecule has 1 aliphatic carbocycles. The van der Waals surface area contributed by atoms with Gasteiger partial charge in [-0.1, -0.05) is 6.07 Å². The first-order valence-electron chi connectivity index (χ1n) is 7.30. The largest absolute Gasteiger partial charge is 0.345 e. The van der Waals surface area contributed by atoms with Crippen LogP contribution < -0.4 is 10.6 Å². The number of hydrogen-bond donors (Lipinski definition) is 2. The standard InChI is InChI=1S/C16H23N3O2.ClH/c1-11-4-7-13(16(21)19(2)3)8-14(11)18-15(20)10-17-9-12-5-6-12;/h4,7-8,12,17H,5-6,9-10H2,1-3H3,(H,18,20);1H. The van der Waals surface area contributed by atoms with Gasteiger partial charge in [0.15, 0.2) is 0 Å². The average molecular weight is 326 g/mol. The van der Waals surface area contributed by atoms with Gasteiger partial charge in [0.05, 0.1) is 6.54 Å². The molecule has 1 fully saturated rings. The van der Waals surface area contributed by atoms with Crippen LogP contribution in [0.15, 0.2) is 18.2 Å². The third kappa shape index (κ3) is 5.31. The van der Waals surface area contributed by atoms with Crippen LogP contribution >= 0.6 is 12.4 Å². The summed E-state index contributed by atoms with van der Waals surface area (Å²) in [7, 11) is 3.42. The second kappa shape index (κ2) is 8.15. The third-order valence-electron chi connectivity index (χ3n) is 3.58. The first-order valence-corrected chi connectivity index (χ1v) is 7.30. The molecule has 0 unspecified atom stereocenters. The number of rotatable bonds is 6. The summed E-state index contributed by atoms with van der Waals surface area (Å²) in [6.45, 7) is 3.13. The maximum Gasteiger partial charge on any atom is 0.253 e. The van der Waals surface area contributed by atoms with E-state index in [0.29, 0.717) is 17.8 Å². The molecular weight excluding hydrogens is 302 g/mol. The lowest BCUT2D eigenvalue weighted by molar-refractivity contribution is -0.115. The van der Waals surface area contributed by atoms with Gasteiger partial charge in [0.2, 0.25) is 5.91 Å². The van der Waals surface area contributed by atoms with Gasteiger partial charge in [-0.2, -0.15) is 0 Å². The zero-order valence-corrected chi connectivity index (χ0v) is 14.1. The van der Waals surface area contributed by atoms with E-state index in [9.17, 15) is 9.59 Å². The normalized spacial score (nSPS) is 13.2. The van der Waals surface area contributed by atoms with Gasteiger partial charge in [-0.05, 0) is 49.9 Å². The number of halogens is 1. The van der Waals surface area contributed by atoms with Gasteiger partial charge in [0.25, 0.3) is 5.91 Å². The molecule has 0 bridgehead atoms. The fourth-order valence-electron chi connectivity index (χ4n) is 2.05. The van der Waals surface area contributed by atoms with Crippen molar-refractivity contribution in [3.63, 3.8) is 0 Å². The predicted molar refractivity (Wildman–Crippen MR) is 90.7 cm³/mol. The molecule has 2 rings (SSSR count). The number of aryl methyl sites for hydroxylation is 1. The zero-order chi connectivity index (χ0) is 15.4. The SMILES string of the molecule is Cc1ccc(C(=O)N(C)C)cc1NC(=O)CNCC1CC1.Cl. The molecule has 1 aromatic rings. The molecule has 1 saturated carbocycles. The molecule has 0 aromatic heterocycles. The van der Waals surface area contributed by atoms with Gasteiger partial charge < -0.3 is 15.5 Å².